The second-order valence-electron chi connectivity index (χ2n) is 6.30. The summed E-state index contributed by atoms with van der Waals surface area (Å²) in [5, 5.41) is 5.18. The maximum atomic E-state index is 14.0. The van der Waals surface area contributed by atoms with Gasteiger partial charge < -0.3 is 4.90 Å². The maximum absolute atomic E-state index is 14.0. The van der Waals surface area contributed by atoms with Gasteiger partial charge in [0.25, 0.3) is 5.91 Å². The van der Waals surface area contributed by atoms with Crippen molar-refractivity contribution in [3.8, 4) is 0 Å². The summed E-state index contributed by atoms with van der Waals surface area (Å²) in [5.41, 5.74) is 1.28. The summed E-state index contributed by atoms with van der Waals surface area (Å²) in [7, 11) is -3.92. The van der Waals surface area contributed by atoms with Crippen molar-refractivity contribution < 1.29 is 17.6 Å². The van der Waals surface area contributed by atoms with E-state index in [4.69, 9.17) is 5.14 Å². The van der Waals surface area contributed by atoms with Crippen LogP contribution in [0.2, 0.25) is 0 Å². The number of sulfonamides is 1. The minimum absolute atomic E-state index is 0.0968. The number of primary sulfonamides is 1. The number of aryl methyl sites for hydroxylation is 1. The van der Waals surface area contributed by atoms with Crippen LogP contribution in [-0.2, 0) is 16.6 Å². The average molecular weight is 378 g/mol. The molecule has 0 bridgehead atoms. The topological polar surface area (TPSA) is 80.5 Å². The largest absolute Gasteiger partial charge is 0.332 e. The van der Waals surface area contributed by atoms with Crippen LogP contribution in [0.5, 0.6) is 0 Å². The quantitative estimate of drug-likeness (QED) is 0.838. The van der Waals surface area contributed by atoms with E-state index >= 15 is 0 Å². The zero-order valence-corrected chi connectivity index (χ0v) is 15.9. The first-order valence-corrected chi connectivity index (χ1v) is 9.87. The minimum Gasteiger partial charge on any atom is -0.332 e. The smallest absolute Gasteiger partial charge is 0.254 e. The monoisotopic (exact) mass is 378 g/mol. The summed E-state index contributed by atoms with van der Waals surface area (Å²) in [5.74, 6) is -0.741. The lowest BCUT2D eigenvalue weighted by Crippen LogP contribution is -2.38. The maximum Gasteiger partial charge on any atom is 0.254 e. The Hall–Kier alpha value is -2.25. The highest BCUT2D eigenvalue weighted by atomic mass is 32.2. The molecule has 0 aliphatic carbocycles. The summed E-state index contributed by atoms with van der Waals surface area (Å²) >= 11 is 0. The average Bonchev–Trinajstić information content (AvgIpc) is 2.59. The molecule has 0 aliphatic rings. The Labute approximate surface area is 153 Å². The van der Waals surface area contributed by atoms with Crippen LogP contribution < -0.4 is 5.14 Å². The second kappa shape index (κ2) is 7.97. The molecule has 1 amide bonds. The van der Waals surface area contributed by atoms with Crippen molar-refractivity contribution in [1.82, 2.24) is 4.90 Å². The van der Waals surface area contributed by atoms with Gasteiger partial charge in [0, 0.05) is 23.7 Å². The molecule has 140 valence electrons. The molecule has 2 N–H and O–H groups in total. The van der Waals surface area contributed by atoms with Crippen molar-refractivity contribution in [2.45, 2.75) is 44.7 Å². The molecule has 0 spiro atoms. The number of carbonyl (C=O) groups excluding carboxylic acids is 1. The van der Waals surface area contributed by atoms with Crippen molar-refractivity contribution in [3.05, 3.63) is 65.0 Å². The van der Waals surface area contributed by atoms with Gasteiger partial charge in [-0.05, 0) is 44.0 Å². The van der Waals surface area contributed by atoms with E-state index in [1.165, 1.54) is 18.2 Å². The van der Waals surface area contributed by atoms with E-state index in [0.717, 1.165) is 0 Å². The first-order valence-electron chi connectivity index (χ1n) is 8.33. The number of benzene rings is 2. The standard InChI is InChI=1S/C19H23FN2O3S/c1-4-14(3)22(12-15-7-5-6-8-18(15)20)19(23)17-11-16(26(21,24)25)10-9-13(17)2/h5-11,14H,4,12H2,1-3H3,(H2,21,24,25)/t14-/m0/s1. The molecule has 0 aromatic heterocycles. The van der Waals surface area contributed by atoms with Gasteiger partial charge in [-0.1, -0.05) is 31.2 Å². The van der Waals surface area contributed by atoms with Crippen LogP contribution in [0.3, 0.4) is 0 Å². The van der Waals surface area contributed by atoms with E-state index in [0.29, 0.717) is 17.5 Å². The van der Waals surface area contributed by atoms with E-state index in [9.17, 15) is 17.6 Å². The molecule has 2 aromatic carbocycles. The summed E-state index contributed by atoms with van der Waals surface area (Å²) in [6.45, 7) is 5.62. The highest BCUT2D eigenvalue weighted by molar-refractivity contribution is 7.89. The third-order valence-electron chi connectivity index (χ3n) is 4.45. The molecule has 7 heteroatoms. The van der Waals surface area contributed by atoms with Gasteiger partial charge in [-0.25, -0.2) is 17.9 Å². The molecule has 0 radical (unpaired) electrons. The first kappa shape index (κ1) is 20.1. The van der Waals surface area contributed by atoms with Crippen LogP contribution in [0, 0.1) is 12.7 Å². The van der Waals surface area contributed by atoms with E-state index < -0.39 is 10.0 Å². The van der Waals surface area contributed by atoms with Crippen molar-refractivity contribution in [2.75, 3.05) is 0 Å². The molecule has 26 heavy (non-hydrogen) atoms. The normalized spacial score (nSPS) is 12.7. The lowest BCUT2D eigenvalue weighted by molar-refractivity contribution is 0.0668. The molecule has 2 aromatic rings. The number of amides is 1. The van der Waals surface area contributed by atoms with Gasteiger partial charge in [-0.3, -0.25) is 4.79 Å². The van der Waals surface area contributed by atoms with Crippen LogP contribution in [-0.4, -0.2) is 25.3 Å². The van der Waals surface area contributed by atoms with Gasteiger partial charge in [-0.2, -0.15) is 0 Å². The lowest BCUT2D eigenvalue weighted by atomic mass is 10.0. The number of nitrogens with zero attached hydrogens (tertiary/aromatic N) is 1. The minimum atomic E-state index is -3.92. The number of hydrogen-bond acceptors (Lipinski definition) is 3. The lowest BCUT2D eigenvalue weighted by Gasteiger charge is -2.29. The molecule has 1 atom stereocenters. The summed E-state index contributed by atoms with van der Waals surface area (Å²) in [6.07, 6.45) is 0.675. The highest BCUT2D eigenvalue weighted by Gasteiger charge is 2.24. The first-order chi connectivity index (χ1) is 12.1. The fourth-order valence-electron chi connectivity index (χ4n) is 2.62. The highest BCUT2D eigenvalue weighted by Crippen LogP contribution is 2.21. The van der Waals surface area contributed by atoms with Gasteiger partial charge in [0.2, 0.25) is 10.0 Å². The molecule has 0 saturated heterocycles. The Bertz CT molecular complexity index is 913. The van der Waals surface area contributed by atoms with Crippen molar-refractivity contribution >= 4 is 15.9 Å². The van der Waals surface area contributed by atoms with Gasteiger partial charge in [0.1, 0.15) is 5.82 Å². The number of halogens is 1. The molecular weight excluding hydrogens is 355 g/mol. The Morgan fingerprint density at radius 3 is 2.46 bits per heavy atom. The summed E-state index contributed by atoms with van der Waals surface area (Å²) < 4.78 is 37.3. The fraction of sp³-hybridized carbons (Fsp3) is 0.316. The Morgan fingerprint density at radius 2 is 1.88 bits per heavy atom. The molecule has 0 heterocycles. The molecule has 0 unspecified atom stereocenters. The molecule has 0 fully saturated rings. The zero-order chi connectivity index (χ0) is 19.5. The molecule has 0 saturated carbocycles. The molecule has 5 nitrogen and oxygen atoms in total. The van der Waals surface area contributed by atoms with Crippen LogP contribution >= 0.6 is 0 Å². The van der Waals surface area contributed by atoms with E-state index in [1.54, 1.807) is 36.1 Å². The van der Waals surface area contributed by atoms with E-state index in [2.05, 4.69) is 0 Å². The Morgan fingerprint density at radius 1 is 1.23 bits per heavy atom. The number of carbonyl (C=O) groups is 1. The predicted molar refractivity (Wildman–Crippen MR) is 98.6 cm³/mol. The van der Waals surface area contributed by atoms with Crippen LogP contribution in [0.25, 0.3) is 0 Å². The van der Waals surface area contributed by atoms with Crippen LogP contribution in [0.4, 0.5) is 4.39 Å². The second-order valence-corrected chi connectivity index (χ2v) is 7.86. The Balaban J connectivity index is 2.46. The predicted octanol–water partition coefficient (Wildman–Crippen LogP) is 3.22. The van der Waals surface area contributed by atoms with Gasteiger partial charge >= 0.3 is 0 Å². The number of rotatable bonds is 6. The van der Waals surface area contributed by atoms with Crippen LogP contribution in [0.15, 0.2) is 47.4 Å². The summed E-state index contributed by atoms with van der Waals surface area (Å²) in [4.78, 5) is 14.6. The van der Waals surface area contributed by atoms with Crippen LogP contribution in [0.1, 0.15) is 41.8 Å². The van der Waals surface area contributed by atoms with Crippen molar-refractivity contribution in [3.63, 3.8) is 0 Å². The van der Waals surface area contributed by atoms with Gasteiger partial charge in [-0.15, -0.1) is 0 Å². The number of hydrogen-bond donors (Lipinski definition) is 1. The fourth-order valence-corrected chi connectivity index (χ4v) is 3.16. The Kier molecular flexibility index (Phi) is 6.15. The molecule has 0 aliphatic heterocycles. The molecular formula is C19H23FN2O3S. The van der Waals surface area contributed by atoms with Crippen molar-refractivity contribution in [1.29, 1.82) is 0 Å². The summed E-state index contributed by atoms with van der Waals surface area (Å²) in [6, 6.07) is 10.3. The third kappa shape index (κ3) is 4.47. The van der Waals surface area contributed by atoms with Gasteiger partial charge in [0.05, 0.1) is 4.90 Å². The van der Waals surface area contributed by atoms with E-state index in [1.807, 2.05) is 13.8 Å². The zero-order valence-electron chi connectivity index (χ0n) is 15.1. The SMILES string of the molecule is CC[C@H](C)N(Cc1ccccc1F)C(=O)c1cc(S(N)(=O)=O)ccc1C. The van der Waals surface area contributed by atoms with Gasteiger partial charge in [0.15, 0.2) is 0 Å². The molecule has 2 rings (SSSR count). The number of nitrogens with two attached hydrogens (primary N) is 1. The van der Waals surface area contributed by atoms with E-state index in [-0.39, 0.29) is 34.8 Å². The third-order valence-corrected chi connectivity index (χ3v) is 5.36. The van der Waals surface area contributed by atoms with Crippen molar-refractivity contribution in [2.24, 2.45) is 5.14 Å².